The van der Waals surface area contributed by atoms with Crippen LogP contribution in [-0.2, 0) is 0 Å². The molecule has 0 amide bonds. The lowest BCUT2D eigenvalue weighted by Crippen LogP contribution is -2.33. The number of hydrogen-bond donors (Lipinski definition) is 0. The Bertz CT molecular complexity index is 317. The fourth-order valence-electron chi connectivity index (χ4n) is 1.43. The molecule has 0 radical (unpaired) electrons. The third kappa shape index (κ3) is 4.10. The Morgan fingerprint density at radius 1 is 1.19 bits per heavy atom. The van der Waals surface area contributed by atoms with E-state index in [0.29, 0.717) is 5.82 Å². The first kappa shape index (κ1) is 12.8. The Labute approximate surface area is 96.1 Å². The Morgan fingerprint density at radius 3 is 2.50 bits per heavy atom. The zero-order valence-corrected chi connectivity index (χ0v) is 10.1. The van der Waals surface area contributed by atoms with Gasteiger partial charge < -0.3 is 9.80 Å². The molecule has 1 aromatic heterocycles. The summed E-state index contributed by atoms with van der Waals surface area (Å²) in [5.41, 5.74) is 0. The van der Waals surface area contributed by atoms with E-state index in [2.05, 4.69) is 26.7 Å². The van der Waals surface area contributed by atoms with E-state index in [1.54, 1.807) is 0 Å². The number of hydrogen-bond acceptors (Lipinski definition) is 4. The summed E-state index contributed by atoms with van der Waals surface area (Å²) in [4.78, 5) is 11.7. The van der Waals surface area contributed by atoms with Crippen LogP contribution in [0.15, 0.2) is 12.4 Å². The van der Waals surface area contributed by atoms with E-state index in [-0.39, 0.29) is 0 Å². The van der Waals surface area contributed by atoms with Crippen molar-refractivity contribution in [3.05, 3.63) is 18.3 Å². The second kappa shape index (κ2) is 6.37. The van der Waals surface area contributed by atoms with Gasteiger partial charge in [-0.1, -0.05) is 6.92 Å². The Hall–Kier alpha value is -1.23. The second-order valence-electron chi connectivity index (χ2n) is 3.99. The minimum Gasteiger partial charge on any atom is -0.355 e. The third-order valence-electron chi connectivity index (χ3n) is 2.25. The molecule has 0 aliphatic rings. The average molecular weight is 226 g/mol. The van der Waals surface area contributed by atoms with Gasteiger partial charge in [-0.25, -0.2) is 9.97 Å². The molecule has 0 aromatic carbocycles. The average Bonchev–Trinajstić information content (AvgIpc) is 2.24. The van der Waals surface area contributed by atoms with Crippen LogP contribution < -0.4 is 4.90 Å². The van der Waals surface area contributed by atoms with Gasteiger partial charge in [0.25, 0.3) is 0 Å². The van der Waals surface area contributed by atoms with Crippen LogP contribution >= 0.6 is 0 Å². The molecule has 4 nitrogen and oxygen atoms in total. The molecule has 0 fully saturated rings. The minimum absolute atomic E-state index is 0.476. The van der Waals surface area contributed by atoms with Crippen molar-refractivity contribution < 1.29 is 4.39 Å². The molecule has 0 aliphatic heterocycles. The van der Waals surface area contributed by atoms with Gasteiger partial charge in [-0.05, 0) is 20.5 Å². The van der Waals surface area contributed by atoms with E-state index < -0.39 is 5.95 Å². The van der Waals surface area contributed by atoms with Gasteiger partial charge in [-0.15, -0.1) is 0 Å². The Balaban J connectivity index is 2.68. The Kier molecular flexibility index (Phi) is 5.11. The van der Waals surface area contributed by atoms with Crippen molar-refractivity contribution in [3.8, 4) is 0 Å². The smallest absolute Gasteiger partial charge is 0.218 e. The molecule has 0 N–H and O–H groups in total. The number of aromatic nitrogens is 2. The number of halogens is 1. The molecule has 0 spiro atoms. The maximum absolute atomic E-state index is 13.0. The molecular formula is C11H19FN4. The van der Waals surface area contributed by atoms with Crippen molar-refractivity contribution in [2.24, 2.45) is 0 Å². The number of likely N-dealkylation sites (N-methyl/N-ethyl adjacent to an activating group) is 1. The number of nitrogens with zero attached hydrogens (tertiary/aromatic N) is 4. The quantitative estimate of drug-likeness (QED) is 0.686. The van der Waals surface area contributed by atoms with Gasteiger partial charge >= 0.3 is 0 Å². The normalized spacial score (nSPS) is 10.8. The predicted molar refractivity (Wildman–Crippen MR) is 63.0 cm³/mol. The third-order valence-corrected chi connectivity index (χ3v) is 2.25. The van der Waals surface area contributed by atoms with Crippen molar-refractivity contribution in [1.82, 2.24) is 14.9 Å². The van der Waals surface area contributed by atoms with Crippen LogP contribution in [0.2, 0.25) is 0 Å². The lowest BCUT2D eigenvalue weighted by molar-refractivity contribution is 0.412. The largest absolute Gasteiger partial charge is 0.355 e. The standard InChI is InChI=1S/C11H19FN4/c1-4-5-16(7-6-15(2)3)11-8-10(12)13-9-14-11/h8-9H,4-7H2,1-3H3. The first-order valence-corrected chi connectivity index (χ1v) is 5.50. The summed E-state index contributed by atoms with van der Waals surface area (Å²) in [6.45, 7) is 4.74. The van der Waals surface area contributed by atoms with Crippen LogP contribution in [0.25, 0.3) is 0 Å². The van der Waals surface area contributed by atoms with Crippen molar-refractivity contribution in [2.45, 2.75) is 13.3 Å². The van der Waals surface area contributed by atoms with Gasteiger partial charge in [-0.2, -0.15) is 4.39 Å². The first-order chi connectivity index (χ1) is 7.63. The number of rotatable bonds is 6. The van der Waals surface area contributed by atoms with Crippen molar-refractivity contribution in [2.75, 3.05) is 38.6 Å². The molecule has 90 valence electrons. The van der Waals surface area contributed by atoms with Crippen LogP contribution in [-0.4, -0.2) is 48.6 Å². The summed E-state index contributed by atoms with van der Waals surface area (Å²) in [5.74, 6) is 0.187. The van der Waals surface area contributed by atoms with E-state index in [0.717, 1.165) is 26.1 Å². The molecule has 5 heteroatoms. The van der Waals surface area contributed by atoms with Crippen LogP contribution in [0.3, 0.4) is 0 Å². The fraction of sp³-hybridized carbons (Fsp3) is 0.636. The fourth-order valence-corrected chi connectivity index (χ4v) is 1.43. The molecule has 0 atom stereocenters. The molecule has 1 aromatic rings. The summed E-state index contributed by atoms with van der Waals surface area (Å²) in [6.07, 6.45) is 2.28. The lowest BCUT2D eigenvalue weighted by atomic mass is 10.3. The van der Waals surface area contributed by atoms with Crippen molar-refractivity contribution >= 4 is 5.82 Å². The van der Waals surface area contributed by atoms with Gasteiger partial charge in [0.05, 0.1) is 0 Å². The van der Waals surface area contributed by atoms with E-state index in [1.807, 2.05) is 14.1 Å². The van der Waals surface area contributed by atoms with Gasteiger partial charge in [0.2, 0.25) is 5.95 Å². The molecule has 1 heterocycles. The topological polar surface area (TPSA) is 32.3 Å². The summed E-state index contributed by atoms with van der Waals surface area (Å²) in [6, 6.07) is 1.38. The number of anilines is 1. The first-order valence-electron chi connectivity index (χ1n) is 5.50. The summed E-state index contributed by atoms with van der Waals surface area (Å²) < 4.78 is 13.0. The Morgan fingerprint density at radius 2 is 1.94 bits per heavy atom. The van der Waals surface area contributed by atoms with Gasteiger partial charge in [0.1, 0.15) is 12.1 Å². The van der Waals surface area contributed by atoms with Gasteiger partial charge in [-0.3, -0.25) is 0 Å². The van der Waals surface area contributed by atoms with Gasteiger partial charge in [0.15, 0.2) is 0 Å². The van der Waals surface area contributed by atoms with Gasteiger partial charge in [0, 0.05) is 25.7 Å². The maximum atomic E-state index is 13.0. The van der Waals surface area contributed by atoms with E-state index >= 15 is 0 Å². The molecule has 0 aliphatic carbocycles. The predicted octanol–water partition coefficient (Wildman–Crippen LogP) is 1.39. The summed E-state index contributed by atoms with van der Waals surface area (Å²) in [7, 11) is 4.04. The highest BCUT2D eigenvalue weighted by Crippen LogP contribution is 2.10. The molecule has 16 heavy (non-hydrogen) atoms. The van der Waals surface area contributed by atoms with Crippen LogP contribution in [0.4, 0.5) is 10.2 Å². The molecular weight excluding hydrogens is 207 g/mol. The second-order valence-corrected chi connectivity index (χ2v) is 3.99. The van der Waals surface area contributed by atoms with Crippen molar-refractivity contribution in [3.63, 3.8) is 0 Å². The molecule has 0 saturated heterocycles. The van der Waals surface area contributed by atoms with Crippen LogP contribution in [0, 0.1) is 5.95 Å². The van der Waals surface area contributed by atoms with E-state index in [1.165, 1.54) is 12.4 Å². The van der Waals surface area contributed by atoms with E-state index in [9.17, 15) is 4.39 Å². The molecule has 0 bridgehead atoms. The molecule has 1 rings (SSSR count). The monoisotopic (exact) mass is 226 g/mol. The highest BCUT2D eigenvalue weighted by molar-refractivity contribution is 5.36. The van der Waals surface area contributed by atoms with Crippen LogP contribution in [0.1, 0.15) is 13.3 Å². The van der Waals surface area contributed by atoms with E-state index in [4.69, 9.17) is 0 Å². The maximum Gasteiger partial charge on any atom is 0.218 e. The zero-order chi connectivity index (χ0) is 12.0. The van der Waals surface area contributed by atoms with Crippen molar-refractivity contribution in [1.29, 1.82) is 0 Å². The zero-order valence-electron chi connectivity index (χ0n) is 10.1. The molecule has 0 unspecified atom stereocenters. The summed E-state index contributed by atoms with van der Waals surface area (Å²) in [5, 5.41) is 0. The lowest BCUT2D eigenvalue weighted by Gasteiger charge is -2.24. The summed E-state index contributed by atoms with van der Waals surface area (Å²) >= 11 is 0. The van der Waals surface area contributed by atoms with Crippen LogP contribution in [0.5, 0.6) is 0 Å². The SMILES string of the molecule is CCCN(CCN(C)C)c1cc(F)ncn1. The minimum atomic E-state index is -0.476. The molecule has 0 saturated carbocycles. The highest BCUT2D eigenvalue weighted by Gasteiger charge is 2.08. The highest BCUT2D eigenvalue weighted by atomic mass is 19.1.